The number of nitriles is 1. The molecule has 1 aliphatic rings. The molecule has 0 aromatic heterocycles. The fourth-order valence-electron chi connectivity index (χ4n) is 4.31. The molecule has 0 atom stereocenters. The lowest BCUT2D eigenvalue weighted by atomic mass is 9.84. The third-order valence-corrected chi connectivity index (χ3v) is 6.16. The first kappa shape index (κ1) is 27.5. The third kappa shape index (κ3) is 6.02. The Morgan fingerprint density at radius 1 is 1.16 bits per heavy atom. The Hall–Kier alpha value is -4.06. The number of likely N-dealkylation sites (N-methyl/N-ethyl adjacent to an activating group) is 1. The molecule has 0 fully saturated rings. The van der Waals surface area contributed by atoms with E-state index in [1.165, 1.54) is 7.11 Å². The Bertz CT molecular complexity index is 1260. The molecule has 1 aliphatic heterocycles. The molecule has 0 spiro atoms. The molecular weight excluding hydrogens is 472 g/mol. The summed E-state index contributed by atoms with van der Waals surface area (Å²) in [5.41, 5.74) is 3.09. The summed E-state index contributed by atoms with van der Waals surface area (Å²) in [6.45, 7) is 8.52. The van der Waals surface area contributed by atoms with Crippen LogP contribution in [0.4, 0.5) is 0 Å². The normalized spacial score (nSPS) is 12.6. The van der Waals surface area contributed by atoms with Gasteiger partial charge < -0.3 is 24.4 Å². The van der Waals surface area contributed by atoms with Gasteiger partial charge in [0, 0.05) is 35.8 Å². The second kappa shape index (κ2) is 11.3. The first-order chi connectivity index (χ1) is 17.5. The Morgan fingerprint density at radius 3 is 2.49 bits per heavy atom. The summed E-state index contributed by atoms with van der Waals surface area (Å²) in [4.78, 5) is 27.2. The topological polar surface area (TPSA) is 125 Å². The molecule has 0 saturated carbocycles. The van der Waals surface area contributed by atoms with Gasteiger partial charge in [0.25, 0.3) is 0 Å². The number of rotatable bonds is 10. The molecule has 2 N–H and O–H groups in total. The maximum atomic E-state index is 13.4. The first-order valence-corrected chi connectivity index (χ1v) is 12.1. The zero-order chi connectivity index (χ0) is 27.3. The van der Waals surface area contributed by atoms with Gasteiger partial charge in [-0.2, -0.15) is 5.26 Å². The molecule has 0 aliphatic carbocycles. The number of Topliss-reactive ketones (excluding diaryl/α,β-unsaturated/α-hetero) is 1. The summed E-state index contributed by atoms with van der Waals surface area (Å²) in [5.74, 6) is 1.31. The van der Waals surface area contributed by atoms with Gasteiger partial charge in [0.05, 0.1) is 26.7 Å². The summed E-state index contributed by atoms with van der Waals surface area (Å²) in [7, 11) is 3.11. The molecule has 1 heterocycles. The minimum Gasteiger partial charge on any atom is -0.494 e. The van der Waals surface area contributed by atoms with Crippen LogP contribution in [0.15, 0.2) is 24.3 Å². The molecule has 196 valence electrons. The van der Waals surface area contributed by atoms with Crippen LogP contribution in [-0.4, -0.2) is 56.3 Å². The number of methoxy groups -OCH3 is 1. The Labute approximate surface area is 217 Å². The molecule has 0 bridgehead atoms. The quantitative estimate of drug-likeness (QED) is 0.472. The lowest BCUT2D eigenvalue weighted by molar-refractivity contribution is -0.119. The van der Waals surface area contributed by atoms with E-state index in [9.17, 15) is 9.59 Å². The fraction of sp³-hybridized carbons (Fsp3) is 0.429. The van der Waals surface area contributed by atoms with Crippen molar-refractivity contribution in [2.24, 2.45) is 0 Å². The molecule has 37 heavy (non-hydrogen) atoms. The number of benzene rings is 2. The van der Waals surface area contributed by atoms with Crippen molar-refractivity contribution in [1.29, 1.82) is 10.7 Å². The molecule has 9 nitrogen and oxygen atoms in total. The van der Waals surface area contributed by atoms with E-state index < -0.39 is 0 Å². The van der Waals surface area contributed by atoms with Gasteiger partial charge in [-0.3, -0.25) is 15.0 Å². The number of carbonyl (C=O) groups excluding carboxylic acids is 2. The standard InChI is InChI=1S/C28H34N4O5/c1-7-36-23-13-19-15-32(27(30)20(19)10-18(23)14-25(34)31-5)16-22(33)17-11-21(28(2,3)4)26(35-6)24(12-17)37-9-8-29/h10-13,30H,7,9,14-16H2,1-6H3,(H,31,34). The van der Waals surface area contributed by atoms with Crippen LogP contribution in [0.1, 0.15) is 60.3 Å². The highest BCUT2D eigenvalue weighted by Gasteiger charge is 2.30. The van der Waals surface area contributed by atoms with E-state index in [-0.39, 0.29) is 42.5 Å². The number of amides is 1. The number of fused-ring (bicyclic) bond motifs is 1. The fourth-order valence-corrected chi connectivity index (χ4v) is 4.31. The number of hydrogen-bond donors (Lipinski definition) is 2. The third-order valence-electron chi connectivity index (χ3n) is 6.16. The minimum absolute atomic E-state index is 0.0180. The highest BCUT2D eigenvalue weighted by Crippen LogP contribution is 2.40. The van der Waals surface area contributed by atoms with Crippen LogP contribution in [0.25, 0.3) is 0 Å². The molecule has 1 amide bonds. The number of ether oxygens (including phenoxy) is 3. The van der Waals surface area contributed by atoms with Crippen molar-refractivity contribution >= 4 is 17.5 Å². The number of hydrogen-bond acceptors (Lipinski definition) is 7. The van der Waals surface area contributed by atoms with Crippen molar-refractivity contribution in [2.75, 3.05) is 33.9 Å². The van der Waals surface area contributed by atoms with E-state index >= 15 is 0 Å². The molecular formula is C28H34N4O5. The largest absolute Gasteiger partial charge is 0.494 e. The Balaban J connectivity index is 1.92. The van der Waals surface area contributed by atoms with Gasteiger partial charge in [0.2, 0.25) is 5.91 Å². The number of carbonyl (C=O) groups is 2. The predicted molar refractivity (Wildman–Crippen MR) is 140 cm³/mol. The summed E-state index contributed by atoms with van der Waals surface area (Å²) in [6.07, 6.45) is 0.137. The molecule has 0 unspecified atom stereocenters. The summed E-state index contributed by atoms with van der Waals surface area (Å²) < 4.78 is 16.9. The molecule has 2 aromatic rings. The number of nitrogens with zero attached hydrogens (tertiary/aromatic N) is 2. The van der Waals surface area contributed by atoms with Gasteiger partial charge in [-0.1, -0.05) is 20.8 Å². The lowest BCUT2D eigenvalue weighted by Gasteiger charge is -2.25. The van der Waals surface area contributed by atoms with Crippen LogP contribution >= 0.6 is 0 Å². The van der Waals surface area contributed by atoms with Crippen molar-refractivity contribution in [3.05, 3.63) is 52.1 Å². The molecule has 3 rings (SSSR count). The first-order valence-electron chi connectivity index (χ1n) is 12.1. The molecule has 9 heteroatoms. The summed E-state index contributed by atoms with van der Waals surface area (Å²) in [6, 6.07) is 9.00. The average molecular weight is 507 g/mol. The van der Waals surface area contributed by atoms with Crippen molar-refractivity contribution < 1.29 is 23.8 Å². The second-order valence-electron chi connectivity index (χ2n) is 9.78. The number of nitrogens with one attached hydrogen (secondary N) is 2. The van der Waals surface area contributed by atoms with Gasteiger partial charge >= 0.3 is 0 Å². The van der Waals surface area contributed by atoms with Crippen molar-refractivity contribution in [3.8, 4) is 23.3 Å². The van der Waals surface area contributed by atoms with E-state index in [2.05, 4.69) is 5.32 Å². The SMILES string of the molecule is CCOc1cc2c(cc1CC(=O)NC)C(=N)N(CC(=O)c1cc(OCC#N)c(OC)c(C(C)(C)C)c1)C2. The summed E-state index contributed by atoms with van der Waals surface area (Å²) >= 11 is 0. The molecule has 0 saturated heterocycles. The zero-order valence-corrected chi connectivity index (χ0v) is 22.3. The number of amidine groups is 1. The van der Waals surface area contributed by atoms with Crippen LogP contribution in [-0.2, 0) is 23.2 Å². The van der Waals surface area contributed by atoms with Gasteiger partial charge in [-0.25, -0.2) is 0 Å². The van der Waals surface area contributed by atoms with E-state index in [1.54, 1.807) is 30.1 Å². The number of ketones is 1. The smallest absolute Gasteiger partial charge is 0.224 e. The van der Waals surface area contributed by atoms with Crippen LogP contribution in [0.2, 0.25) is 0 Å². The maximum absolute atomic E-state index is 13.4. The van der Waals surface area contributed by atoms with E-state index in [1.807, 2.05) is 39.8 Å². The van der Waals surface area contributed by atoms with Crippen LogP contribution in [0.5, 0.6) is 17.2 Å². The van der Waals surface area contributed by atoms with E-state index in [4.69, 9.17) is 24.9 Å². The second-order valence-corrected chi connectivity index (χ2v) is 9.78. The van der Waals surface area contributed by atoms with Crippen LogP contribution < -0.4 is 19.5 Å². The predicted octanol–water partition coefficient (Wildman–Crippen LogP) is 3.61. The van der Waals surface area contributed by atoms with Gasteiger partial charge in [-0.15, -0.1) is 0 Å². The van der Waals surface area contributed by atoms with E-state index in [0.29, 0.717) is 47.1 Å². The highest BCUT2D eigenvalue weighted by atomic mass is 16.5. The van der Waals surface area contributed by atoms with Gasteiger partial charge in [0.15, 0.2) is 23.9 Å². The maximum Gasteiger partial charge on any atom is 0.224 e. The van der Waals surface area contributed by atoms with E-state index in [0.717, 1.165) is 11.1 Å². The van der Waals surface area contributed by atoms with Crippen molar-refractivity contribution in [2.45, 2.75) is 46.1 Å². The average Bonchev–Trinajstić information content (AvgIpc) is 3.15. The molecule has 2 aromatic carbocycles. The monoisotopic (exact) mass is 506 g/mol. The zero-order valence-electron chi connectivity index (χ0n) is 22.3. The Morgan fingerprint density at radius 2 is 1.89 bits per heavy atom. The molecule has 0 radical (unpaired) electrons. The highest BCUT2D eigenvalue weighted by molar-refractivity contribution is 6.06. The lowest BCUT2D eigenvalue weighted by Crippen LogP contribution is -2.30. The van der Waals surface area contributed by atoms with Crippen LogP contribution in [0, 0.1) is 16.7 Å². The van der Waals surface area contributed by atoms with Gasteiger partial charge in [-0.05, 0) is 42.2 Å². The summed E-state index contributed by atoms with van der Waals surface area (Å²) in [5, 5.41) is 20.3. The Kier molecular flexibility index (Phi) is 8.43. The van der Waals surface area contributed by atoms with Crippen molar-refractivity contribution in [3.63, 3.8) is 0 Å². The van der Waals surface area contributed by atoms with Crippen LogP contribution in [0.3, 0.4) is 0 Å². The van der Waals surface area contributed by atoms with Gasteiger partial charge in [0.1, 0.15) is 17.7 Å². The minimum atomic E-state index is -0.347. The van der Waals surface area contributed by atoms with Crippen molar-refractivity contribution in [1.82, 2.24) is 10.2 Å².